The number of nitrogens with one attached hydrogen (secondary N) is 4. The SMILES string of the molecule is CSCCC(NC(=O)C(Cc1cnc[nH]1)NC(=O)C(N)C(C)C)C(=O)NC(CS)C(=O)O. The molecule has 0 fully saturated rings. The van der Waals surface area contributed by atoms with Gasteiger partial charge in [0.15, 0.2) is 0 Å². The summed E-state index contributed by atoms with van der Waals surface area (Å²) in [5.41, 5.74) is 6.51. The monoisotopic (exact) mass is 488 g/mol. The maximum Gasteiger partial charge on any atom is 0.327 e. The maximum absolute atomic E-state index is 13.0. The Balaban J connectivity index is 3.00. The Morgan fingerprint density at radius 1 is 1.12 bits per heavy atom. The van der Waals surface area contributed by atoms with Gasteiger partial charge in [-0.3, -0.25) is 14.4 Å². The highest BCUT2D eigenvalue weighted by Gasteiger charge is 2.30. The van der Waals surface area contributed by atoms with Crippen LogP contribution in [0.3, 0.4) is 0 Å². The lowest BCUT2D eigenvalue weighted by atomic mass is 10.0. The number of H-pyrrole nitrogens is 1. The molecule has 0 saturated carbocycles. The molecule has 1 aromatic heterocycles. The third-order valence-corrected chi connectivity index (χ3v) is 5.68. The standard InChI is InChI=1S/C19H32N6O5S2/c1-10(2)15(20)18(28)24-13(6-11-7-21-9-22-11)17(27)23-12(4-5-32-3)16(26)25-14(8-31)19(29)30/h7,9-10,12-15,31H,4-6,8,20H2,1-3H3,(H,21,22)(H,23,27)(H,24,28)(H,25,26)(H,29,30). The molecular formula is C19H32N6O5S2. The number of carboxylic acids is 1. The Labute approximate surface area is 196 Å². The molecule has 0 radical (unpaired) electrons. The molecule has 0 aliphatic carbocycles. The lowest BCUT2D eigenvalue weighted by molar-refractivity contribution is -0.141. The summed E-state index contributed by atoms with van der Waals surface area (Å²) in [5.74, 6) is -2.65. The second-order valence-electron chi connectivity index (χ2n) is 7.54. The lowest BCUT2D eigenvalue weighted by Crippen LogP contribution is -2.58. The average Bonchev–Trinajstić information content (AvgIpc) is 3.26. The summed E-state index contributed by atoms with van der Waals surface area (Å²) in [6.45, 7) is 3.58. The van der Waals surface area contributed by atoms with E-state index in [0.717, 1.165) is 0 Å². The van der Waals surface area contributed by atoms with Crippen LogP contribution in [0.15, 0.2) is 12.5 Å². The molecule has 13 heteroatoms. The average molecular weight is 489 g/mol. The molecule has 180 valence electrons. The summed E-state index contributed by atoms with van der Waals surface area (Å²) in [5, 5.41) is 16.8. The lowest BCUT2D eigenvalue weighted by Gasteiger charge is -2.25. The van der Waals surface area contributed by atoms with Crippen LogP contribution in [-0.4, -0.2) is 80.7 Å². The van der Waals surface area contributed by atoms with Gasteiger partial charge in [0.1, 0.15) is 18.1 Å². The number of nitrogens with zero attached hydrogens (tertiary/aromatic N) is 1. The predicted molar refractivity (Wildman–Crippen MR) is 125 cm³/mol. The zero-order valence-electron chi connectivity index (χ0n) is 18.3. The molecule has 1 heterocycles. The molecular weight excluding hydrogens is 456 g/mol. The first-order valence-corrected chi connectivity index (χ1v) is 12.1. The highest BCUT2D eigenvalue weighted by atomic mass is 32.2. The van der Waals surface area contributed by atoms with E-state index in [4.69, 9.17) is 10.8 Å². The number of aromatic amines is 1. The number of hydrogen-bond acceptors (Lipinski definition) is 8. The fraction of sp³-hybridized carbons (Fsp3) is 0.632. The fourth-order valence-corrected chi connectivity index (χ4v) is 3.35. The zero-order valence-corrected chi connectivity index (χ0v) is 20.0. The fourth-order valence-electron chi connectivity index (χ4n) is 2.63. The second-order valence-corrected chi connectivity index (χ2v) is 8.89. The van der Waals surface area contributed by atoms with Crippen LogP contribution in [0.4, 0.5) is 0 Å². The van der Waals surface area contributed by atoms with Crippen LogP contribution in [-0.2, 0) is 25.6 Å². The van der Waals surface area contributed by atoms with Crippen molar-refractivity contribution in [1.29, 1.82) is 0 Å². The van der Waals surface area contributed by atoms with E-state index in [9.17, 15) is 19.2 Å². The summed E-state index contributed by atoms with van der Waals surface area (Å²) in [7, 11) is 0. The van der Waals surface area contributed by atoms with Crippen LogP contribution >= 0.6 is 24.4 Å². The largest absolute Gasteiger partial charge is 0.480 e. The third kappa shape index (κ3) is 9.09. The van der Waals surface area contributed by atoms with Crippen molar-refractivity contribution in [1.82, 2.24) is 25.9 Å². The van der Waals surface area contributed by atoms with E-state index in [2.05, 4.69) is 38.5 Å². The molecule has 4 unspecified atom stereocenters. The number of thiol groups is 1. The summed E-state index contributed by atoms with van der Waals surface area (Å²) >= 11 is 5.41. The summed E-state index contributed by atoms with van der Waals surface area (Å²) < 4.78 is 0. The van der Waals surface area contributed by atoms with Crippen molar-refractivity contribution in [2.24, 2.45) is 11.7 Å². The Hall–Kier alpha value is -2.25. The number of carbonyl (C=O) groups excluding carboxylic acids is 3. The normalized spacial score (nSPS) is 14.8. The highest BCUT2D eigenvalue weighted by Crippen LogP contribution is 2.06. The molecule has 11 nitrogen and oxygen atoms in total. The van der Waals surface area contributed by atoms with Gasteiger partial charge in [-0.1, -0.05) is 13.8 Å². The van der Waals surface area contributed by atoms with Crippen LogP contribution in [0.1, 0.15) is 26.0 Å². The Morgan fingerprint density at radius 3 is 2.22 bits per heavy atom. The van der Waals surface area contributed by atoms with E-state index in [1.165, 1.54) is 24.3 Å². The number of hydrogen-bond donors (Lipinski definition) is 7. The van der Waals surface area contributed by atoms with Gasteiger partial charge in [0.25, 0.3) is 0 Å². The minimum Gasteiger partial charge on any atom is -0.480 e. The Bertz CT molecular complexity index is 761. The van der Waals surface area contributed by atoms with Gasteiger partial charge in [0, 0.05) is 24.1 Å². The van der Waals surface area contributed by atoms with Gasteiger partial charge >= 0.3 is 5.97 Å². The minimum absolute atomic E-state index is 0.101. The minimum atomic E-state index is -1.23. The molecule has 32 heavy (non-hydrogen) atoms. The molecule has 0 bridgehead atoms. The third-order valence-electron chi connectivity index (χ3n) is 4.67. The number of amides is 3. The van der Waals surface area contributed by atoms with Crippen molar-refractivity contribution in [2.45, 2.75) is 50.9 Å². The summed E-state index contributed by atoms with van der Waals surface area (Å²) in [4.78, 5) is 56.2. The number of carboxylic acid groups (broad SMARTS) is 1. The molecule has 4 atom stereocenters. The van der Waals surface area contributed by atoms with Crippen molar-refractivity contribution in [3.05, 3.63) is 18.2 Å². The molecule has 7 N–H and O–H groups in total. The van der Waals surface area contributed by atoms with Gasteiger partial charge in [-0.05, 0) is 24.3 Å². The first kappa shape index (κ1) is 27.8. The molecule has 0 aliphatic heterocycles. The number of aromatic nitrogens is 2. The first-order chi connectivity index (χ1) is 15.1. The number of rotatable bonds is 14. The molecule has 1 rings (SSSR count). The van der Waals surface area contributed by atoms with E-state index in [-0.39, 0.29) is 24.5 Å². The van der Waals surface area contributed by atoms with Crippen LogP contribution in [0.2, 0.25) is 0 Å². The van der Waals surface area contributed by atoms with E-state index >= 15 is 0 Å². The van der Waals surface area contributed by atoms with Gasteiger partial charge < -0.3 is 31.8 Å². The molecule has 0 aliphatic rings. The van der Waals surface area contributed by atoms with E-state index in [1.807, 2.05) is 6.26 Å². The van der Waals surface area contributed by atoms with Crippen LogP contribution in [0.25, 0.3) is 0 Å². The van der Waals surface area contributed by atoms with E-state index in [1.54, 1.807) is 13.8 Å². The second kappa shape index (κ2) is 14.0. The van der Waals surface area contributed by atoms with Crippen LogP contribution in [0, 0.1) is 5.92 Å². The smallest absolute Gasteiger partial charge is 0.327 e. The van der Waals surface area contributed by atoms with Crippen molar-refractivity contribution >= 4 is 48.1 Å². The van der Waals surface area contributed by atoms with Crippen LogP contribution in [0.5, 0.6) is 0 Å². The van der Waals surface area contributed by atoms with Crippen molar-refractivity contribution < 1.29 is 24.3 Å². The molecule has 0 aromatic carbocycles. The number of thioether (sulfide) groups is 1. The van der Waals surface area contributed by atoms with Gasteiger partial charge in [-0.2, -0.15) is 24.4 Å². The first-order valence-electron chi connectivity index (χ1n) is 10.1. The quantitative estimate of drug-likeness (QED) is 0.166. The summed E-state index contributed by atoms with van der Waals surface area (Å²) in [6, 6.07) is -4.01. The predicted octanol–water partition coefficient (Wildman–Crippen LogP) is -0.843. The Kier molecular flexibility index (Phi) is 12.2. The summed E-state index contributed by atoms with van der Waals surface area (Å²) in [6.07, 6.45) is 5.20. The van der Waals surface area contributed by atoms with Crippen molar-refractivity contribution in [3.8, 4) is 0 Å². The van der Waals surface area contributed by atoms with Gasteiger partial charge in [-0.25, -0.2) is 9.78 Å². The van der Waals surface area contributed by atoms with Crippen molar-refractivity contribution in [3.63, 3.8) is 0 Å². The molecule has 3 amide bonds. The van der Waals surface area contributed by atoms with Gasteiger partial charge in [-0.15, -0.1) is 0 Å². The van der Waals surface area contributed by atoms with E-state index < -0.39 is 47.9 Å². The molecule has 0 spiro atoms. The molecule has 0 saturated heterocycles. The number of carbonyl (C=O) groups is 4. The topological polar surface area (TPSA) is 179 Å². The Morgan fingerprint density at radius 2 is 1.72 bits per heavy atom. The van der Waals surface area contributed by atoms with E-state index in [0.29, 0.717) is 11.4 Å². The van der Waals surface area contributed by atoms with Crippen molar-refractivity contribution in [2.75, 3.05) is 17.8 Å². The zero-order chi connectivity index (χ0) is 24.3. The van der Waals surface area contributed by atoms with Gasteiger partial charge in [0.2, 0.25) is 17.7 Å². The number of nitrogens with two attached hydrogens (primary N) is 1. The highest BCUT2D eigenvalue weighted by molar-refractivity contribution is 7.98. The number of imidazole rings is 1. The van der Waals surface area contributed by atoms with Crippen LogP contribution < -0.4 is 21.7 Å². The van der Waals surface area contributed by atoms with Gasteiger partial charge in [0.05, 0.1) is 12.4 Å². The maximum atomic E-state index is 13.0. The number of aliphatic carboxylic acids is 1. The molecule has 1 aromatic rings.